The van der Waals surface area contributed by atoms with Crippen molar-refractivity contribution in [3.63, 3.8) is 0 Å². The van der Waals surface area contributed by atoms with Crippen molar-refractivity contribution in [2.75, 3.05) is 57.9 Å². The number of nitrogens with one attached hydrogen (secondary N) is 2. The van der Waals surface area contributed by atoms with Crippen LogP contribution in [0.4, 0.5) is 5.69 Å². The van der Waals surface area contributed by atoms with Crippen molar-refractivity contribution in [3.05, 3.63) is 35.4 Å². The standard InChI is InChI=1S/C22H30N4O6/c23-12-16(22(30)25-18-14-32-19(13-27)21(29)20(18)28)11-15-1-3-17(4-2-15)24-5-6-26-7-9-31-10-8-26/h1-4,11,18-21,24,27-29H,5-10,13-14H2,(H,25,30). The number of nitriles is 1. The summed E-state index contributed by atoms with van der Waals surface area (Å²) in [6.07, 6.45) is -2.11. The van der Waals surface area contributed by atoms with Gasteiger partial charge in [0.2, 0.25) is 0 Å². The predicted molar refractivity (Wildman–Crippen MR) is 117 cm³/mol. The lowest BCUT2D eigenvalue weighted by Gasteiger charge is -2.37. The van der Waals surface area contributed by atoms with Crippen LogP contribution >= 0.6 is 0 Å². The highest BCUT2D eigenvalue weighted by Gasteiger charge is 2.39. The van der Waals surface area contributed by atoms with E-state index < -0.39 is 36.9 Å². The van der Waals surface area contributed by atoms with Crippen molar-refractivity contribution < 1.29 is 29.6 Å². The third-order valence-corrected chi connectivity index (χ3v) is 5.58. The molecule has 2 aliphatic rings. The lowest BCUT2D eigenvalue weighted by atomic mass is 9.98. The molecule has 1 aromatic carbocycles. The number of benzene rings is 1. The predicted octanol–water partition coefficient (Wildman–Crippen LogP) is -1.06. The molecule has 0 aliphatic carbocycles. The third-order valence-electron chi connectivity index (χ3n) is 5.58. The Labute approximate surface area is 187 Å². The van der Waals surface area contributed by atoms with Crippen molar-refractivity contribution in [1.82, 2.24) is 10.2 Å². The Bertz CT molecular complexity index is 819. The normalized spacial score (nSPS) is 26.9. The SMILES string of the molecule is N#CC(=Cc1ccc(NCCN2CCOCC2)cc1)C(=O)NC1COC(CO)C(O)C1O. The van der Waals surface area contributed by atoms with E-state index in [1.54, 1.807) is 12.1 Å². The molecule has 2 aliphatic heterocycles. The minimum atomic E-state index is -1.34. The highest BCUT2D eigenvalue weighted by atomic mass is 16.5. The zero-order chi connectivity index (χ0) is 22.9. The summed E-state index contributed by atoms with van der Waals surface area (Å²) in [6, 6.07) is 8.33. The number of nitrogens with zero attached hydrogens (tertiary/aromatic N) is 2. The van der Waals surface area contributed by atoms with Crippen LogP contribution in [0.5, 0.6) is 0 Å². The molecule has 10 heteroatoms. The number of aliphatic hydroxyl groups is 3. The Morgan fingerprint density at radius 2 is 1.94 bits per heavy atom. The van der Waals surface area contributed by atoms with Gasteiger partial charge in [0, 0.05) is 31.9 Å². The molecule has 2 saturated heterocycles. The van der Waals surface area contributed by atoms with Gasteiger partial charge in [-0.1, -0.05) is 12.1 Å². The Morgan fingerprint density at radius 1 is 1.22 bits per heavy atom. The number of anilines is 1. The molecule has 2 fully saturated rings. The van der Waals surface area contributed by atoms with Crippen LogP contribution in [-0.4, -0.2) is 103 Å². The number of carbonyl (C=O) groups is 1. The van der Waals surface area contributed by atoms with E-state index in [4.69, 9.17) is 14.6 Å². The average Bonchev–Trinajstić information content (AvgIpc) is 2.82. The van der Waals surface area contributed by atoms with Crippen LogP contribution < -0.4 is 10.6 Å². The number of amides is 1. The largest absolute Gasteiger partial charge is 0.394 e. The van der Waals surface area contributed by atoms with E-state index in [0.717, 1.165) is 45.1 Å². The smallest absolute Gasteiger partial charge is 0.262 e. The lowest BCUT2D eigenvalue weighted by Crippen LogP contribution is -2.60. The Kier molecular flexibility index (Phi) is 8.99. The first-order chi connectivity index (χ1) is 15.5. The van der Waals surface area contributed by atoms with Crippen molar-refractivity contribution in [3.8, 4) is 6.07 Å². The highest BCUT2D eigenvalue weighted by Crippen LogP contribution is 2.17. The van der Waals surface area contributed by atoms with E-state index >= 15 is 0 Å². The van der Waals surface area contributed by atoms with Gasteiger partial charge in [0.1, 0.15) is 30.0 Å². The van der Waals surface area contributed by atoms with E-state index in [0.29, 0.717) is 5.56 Å². The fourth-order valence-electron chi connectivity index (χ4n) is 3.61. The van der Waals surface area contributed by atoms with Crippen LogP contribution in [0.3, 0.4) is 0 Å². The monoisotopic (exact) mass is 446 g/mol. The molecule has 4 atom stereocenters. The molecule has 0 spiro atoms. The van der Waals surface area contributed by atoms with Gasteiger partial charge in [-0.25, -0.2) is 0 Å². The molecule has 10 nitrogen and oxygen atoms in total. The summed E-state index contributed by atoms with van der Waals surface area (Å²) < 4.78 is 10.6. The number of hydrogen-bond donors (Lipinski definition) is 5. The van der Waals surface area contributed by atoms with Gasteiger partial charge in [-0.2, -0.15) is 5.26 Å². The summed E-state index contributed by atoms with van der Waals surface area (Å²) in [5.74, 6) is -0.678. The van der Waals surface area contributed by atoms with Gasteiger partial charge in [-0.05, 0) is 23.8 Å². The van der Waals surface area contributed by atoms with Crippen LogP contribution in [-0.2, 0) is 14.3 Å². The maximum absolute atomic E-state index is 12.5. The molecule has 174 valence electrons. The topological polar surface area (TPSA) is 147 Å². The minimum Gasteiger partial charge on any atom is -0.394 e. The van der Waals surface area contributed by atoms with Crippen LogP contribution in [0.15, 0.2) is 29.8 Å². The molecule has 0 aromatic heterocycles. The van der Waals surface area contributed by atoms with Crippen LogP contribution in [0.25, 0.3) is 6.08 Å². The summed E-state index contributed by atoms with van der Waals surface area (Å²) >= 11 is 0. The first-order valence-electron chi connectivity index (χ1n) is 10.7. The molecular formula is C22H30N4O6. The van der Waals surface area contributed by atoms with Gasteiger partial charge < -0.3 is 35.4 Å². The molecule has 1 aromatic rings. The van der Waals surface area contributed by atoms with E-state index in [9.17, 15) is 20.3 Å². The molecule has 1 amide bonds. The van der Waals surface area contributed by atoms with Gasteiger partial charge in [0.15, 0.2) is 0 Å². The second-order valence-electron chi connectivity index (χ2n) is 7.79. The van der Waals surface area contributed by atoms with Crippen LogP contribution in [0.2, 0.25) is 0 Å². The first-order valence-corrected chi connectivity index (χ1v) is 10.7. The number of rotatable bonds is 8. The minimum absolute atomic E-state index is 0.0846. The summed E-state index contributed by atoms with van der Waals surface area (Å²) in [5, 5.41) is 44.5. The molecule has 0 radical (unpaired) electrons. The maximum atomic E-state index is 12.5. The van der Waals surface area contributed by atoms with Crippen LogP contribution in [0, 0.1) is 11.3 Å². The van der Waals surface area contributed by atoms with Crippen LogP contribution in [0.1, 0.15) is 5.56 Å². The second kappa shape index (κ2) is 11.9. The summed E-state index contributed by atoms with van der Waals surface area (Å²) in [7, 11) is 0. The molecular weight excluding hydrogens is 416 g/mol. The van der Waals surface area contributed by atoms with Gasteiger partial charge in [-0.3, -0.25) is 9.69 Å². The number of morpholine rings is 1. The van der Waals surface area contributed by atoms with Crippen molar-refractivity contribution in [2.24, 2.45) is 0 Å². The molecule has 2 heterocycles. The highest BCUT2D eigenvalue weighted by molar-refractivity contribution is 6.01. The van der Waals surface area contributed by atoms with Gasteiger partial charge in [0.25, 0.3) is 5.91 Å². The number of hydrogen-bond acceptors (Lipinski definition) is 9. The summed E-state index contributed by atoms with van der Waals surface area (Å²) in [6.45, 7) is 4.62. The molecule has 5 N–H and O–H groups in total. The van der Waals surface area contributed by atoms with E-state index in [1.807, 2.05) is 18.2 Å². The number of aliphatic hydroxyl groups excluding tert-OH is 3. The third kappa shape index (κ3) is 6.49. The fourth-order valence-corrected chi connectivity index (χ4v) is 3.61. The Morgan fingerprint density at radius 3 is 2.59 bits per heavy atom. The average molecular weight is 447 g/mol. The summed E-state index contributed by atoms with van der Waals surface area (Å²) in [5.41, 5.74) is 1.48. The van der Waals surface area contributed by atoms with E-state index in [1.165, 1.54) is 6.08 Å². The van der Waals surface area contributed by atoms with Crippen molar-refractivity contribution in [2.45, 2.75) is 24.4 Å². The quantitative estimate of drug-likeness (QED) is 0.249. The van der Waals surface area contributed by atoms with E-state index in [2.05, 4.69) is 15.5 Å². The molecule has 0 bridgehead atoms. The molecule has 32 heavy (non-hydrogen) atoms. The lowest BCUT2D eigenvalue weighted by molar-refractivity contribution is -0.163. The van der Waals surface area contributed by atoms with Crippen molar-refractivity contribution >= 4 is 17.7 Å². The Hall–Kier alpha value is -2.52. The maximum Gasteiger partial charge on any atom is 0.262 e. The number of carbonyl (C=O) groups excluding carboxylic acids is 1. The Balaban J connectivity index is 1.52. The summed E-state index contributed by atoms with van der Waals surface area (Å²) in [4.78, 5) is 14.8. The van der Waals surface area contributed by atoms with Gasteiger partial charge >= 0.3 is 0 Å². The zero-order valence-electron chi connectivity index (χ0n) is 17.8. The van der Waals surface area contributed by atoms with E-state index in [-0.39, 0.29) is 12.2 Å². The molecule has 0 saturated carbocycles. The zero-order valence-corrected chi connectivity index (χ0v) is 17.8. The first kappa shape index (κ1) is 24.1. The van der Waals surface area contributed by atoms with Gasteiger partial charge in [-0.15, -0.1) is 0 Å². The number of ether oxygens (including phenoxy) is 2. The molecule has 4 unspecified atom stereocenters. The van der Waals surface area contributed by atoms with Gasteiger partial charge in [0.05, 0.1) is 32.5 Å². The second-order valence-corrected chi connectivity index (χ2v) is 7.79. The molecule has 3 rings (SSSR count). The fraction of sp³-hybridized carbons (Fsp3) is 0.545. The van der Waals surface area contributed by atoms with Crippen molar-refractivity contribution in [1.29, 1.82) is 5.26 Å².